The van der Waals surface area contributed by atoms with Crippen LogP contribution in [0.2, 0.25) is 5.02 Å². The molecule has 2 rings (SSSR count). The maximum atomic E-state index is 14.2. The lowest BCUT2D eigenvalue weighted by atomic mass is 10.0. The second-order valence-corrected chi connectivity index (χ2v) is 7.37. The van der Waals surface area contributed by atoms with Crippen LogP contribution < -0.4 is 5.56 Å². The molecule has 7 heteroatoms. The van der Waals surface area contributed by atoms with E-state index in [4.69, 9.17) is 16.9 Å². The van der Waals surface area contributed by atoms with Crippen molar-refractivity contribution in [1.82, 2.24) is 9.97 Å². The Labute approximate surface area is 145 Å². The summed E-state index contributed by atoms with van der Waals surface area (Å²) < 4.78 is 12.4. The summed E-state index contributed by atoms with van der Waals surface area (Å²) in [5.41, 5.74) is 1.34. The number of benzene rings is 1. The van der Waals surface area contributed by atoms with Gasteiger partial charge in [0.25, 0.3) is 5.56 Å². The van der Waals surface area contributed by atoms with Gasteiger partial charge in [-0.2, -0.15) is 5.26 Å². The van der Waals surface area contributed by atoms with Crippen molar-refractivity contribution in [2.75, 3.05) is 0 Å². The number of aryl methyl sites for hydroxylation is 1. The maximum absolute atomic E-state index is 14.2. The standard InChI is InChI=1S/C15H12ClFIN3O/c1-15(17,18)13-12(14(22)21-8-20-13)3-2-9-4-10(7-19)6-11(16)5-9/h4-6,8H,2-3H2,1H3,(H,20,21,22). The molecule has 4 nitrogen and oxygen atoms in total. The van der Waals surface area contributed by atoms with E-state index in [2.05, 4.69) is 9.97 Å². The molecule has 1 N–H and O–H groups in total. The predicted molar refractivity (Wildman–Crippen MR) is 90.9 cm³/mol. The molecule has 0 aliphatic carbocycles. The van der Waals surface area contributed by atoms with Crippen LogP contribution in [0.1, 0.15) is 29.3 Å². The Morgan fingerprint density at radius 2 is 2.18 bits per heavy atom. The van der Waals surface area contributed by atoms with Crippen molar-refractivity contribution >= 4 is 34.2 Å². The number of nitrogens with zero attached hydrogens (tertiary/aromatic N) is 2. The first-order valence-electron chi connectivity index (χ1n) is 6.45. The lowest BCUT2D eigenvalue weighted by molar-refractivity contribution is 0.337. The van der Waals surface area contributed by atoms with Crippen LogP contribution in [0.4, 0.5) is 4.39 Å². The van der Waals surface area contributed by atoms with Crippen LogP contribution in [-0.4, -0.2) is 9.97 Å². The van der Waals surface area contributed by atoms with Crippen molar-refractivity contribution in [3.63, 3.8) is 0 Å². The highest BCUT2D eigenvalue weighted by molar-refractivity contribution is 14.1. The second-order valence-electron chi connectivity index (χ2n) is 4.91. The molecule has 0 spiro atoms. The number of rotatable bonds is 4. The minimum absolute atomic E-state index is 0.124. The summed E-state index contributed by atoms with van der Waals surface area (Å²) in [6.45, 7) is 1.35. The topological polar surface area (TPSA) is 69.5 Å². The zero-order chi connectivity index (χ0) is 16.3. The Hall–Kier alpha value is -1.46. The highest BCUT2D eigenvalue weighted by Gasteiger charge is 2.27. The fourth-order valence-corrected chi connectivity index (χ4v) is 2.89. The Morgan fingerprint density at radius 1 is 1.45 bits per heavy atom. The molecule has 0 saturated carbocycles. The molecule has 1 unspecified atom stereocenters. The summed E-state index contributed by atoms with van der Waals surface area (Å²) in [5.74, 6) is 0. The van der Waals surface area contributed by atoms with Gasteiger partial charge in [0.05, 0.1) is 23.7 Å². The van der Waals surface area contributed by atoms with E-state index in [1.807, 2.05) is 6.07 Å². The zero-order valence-electron chi connectivity index (χ0n) is 11.7. The highest BCUT2D eigenvalue weighted by Crippen LogP contribution is 2.32. The number of aromatic nitrogens is 2. The molecule has 0 aliphatic heterocycles. The molecule has 2 aromatic rings. The third kappa shape index (κ3) is 4.05. The number of aromatic amines is 1. The summed E-state index contributed by atoms with van der Waals surface area (Å²) in [4.78, 5) is 18.4. The Bertz CT molecular complexity index is 793. The van der Waals surface area contributed by atoms with Crippen LogP contribution in [-0.2, 0) is 16.5 Å². The van der Waals surface area contributed by atoms with Crippen LogP contribution in [0.3, 0.4) is 0 Å². The zero-order valence-corrected chi connectivity index (χ0v) is 14.6. The molecular weight excluding hydrogens is 420 g/mol. The molecule has 0 fully saturated rings. The van der Waals surface area contributed by atoms with Gasteiger partial charge in [0, 0.05) is 10.6 Å². The van der Waals surface area contributed by atoms with Gasteiger partial charge in [-0.3, -0.25) is 4.79 Å². The molecular formula is C15H12ClFIN3O. The summed E-state index contributed by atoms with van der Waals surface area (Å²) in [5, 5.41) is 9.40. The van der Waals surface area contributed by atoms with E-state index in [0.29, 0.717) is 29.0 Å². The van der Waals surface area contributed by atoms with Crippen molar-refractivity contribution in [2.45, 2.75) is 23.4 Å². The third-order valence-electron chi connectivity index (χ3n) is 3.12. The lowest BCUT2D eigenvalue weighted by Crippen LogP contribution is -2.22. The van der Waals surface area contributed by atoms with Gasteiger partial charge < -0.3 is 4.98 Å². The Balaban J connectivity index is 2.32. The minimum Gasteiger partial charge on any atom is -0.313 e. The number of nitriles is 1. The number of H-pyrrole nitrogens is 1. The normalized spacial score (nSPS) is 13.4. The van der Waals surface area contributed by atoms with Crippen LogP contribution in [0.5, 0.6) is 0 Å². The van der Waals surface area contributed by atoms with Crippen LogP contribution in [0, 0.1) is 11.3 Å². The smallest absolute Gasteiger partial charge is 0.254 e. The van der Waals surface area contributed by atoms with Crippen LogP contribution in [0.15, 0.2) is 29.3 Å². The van der Waals surface area contributed by atoms with Gasteiger partial charge in [-0.25, -0.2) is 9.37 Å². The summed E-state index contributed by atoms with van der Waals surface area (Å²) >= 11 is 7.56. The monoisotopic (exact) mass is 431 g/mol. The van der Waals surface area contributed by atoms with Gasteiger partial charge in [0.15, 0.2) is 0 Å². The van der Waals surface area contributed by atoms with Gasteiger partial charge >= 0.3 is 0 Å². The third-order valence-corrected chi connectivity index (χ3v) is 3.84. The number of halogens is 3. The average Bonchev–Trinajstić information content (AvgIpc) is 2.44. The number of nitrogens with one attached hydrogen (secondary N) is 1. The van der Waals surface area contributed by atoms with Gasteiger partial charge in [0.1, 0.15) is 0 Å². The van der Waals surface area contributed by atoms with Crippen LogP contribution in [0.25, 0.3) is 0 Å². The van der Waals surface area contributed by atoms with E-state index < -0.39 is 3.68 Å². The Kier molecular flexibility index (Phi) is 5.19. The first-order valence-corrected chi connectivity index (χ1v) is 7.91. The van der Waals surface area contributed by atoms with Gasteiger partial charge in [-0.05, 0) is 66.1 Å². The quantitative estimate of drug-likeness (QED) is 0.593. The van der Waals surface area contributed by atoms with E-state index >= 15 is 0 Å². The average molecular weight is 432 g/mol. The molecule has 0 aliphatic rings. The molecule has 0 bridgehead atoms. The SMILES string of the molecule is CC(F)(I)c1nc[nH]c(=O)c1CCc1cc(Cl)cc(C#N)c1. The number of hydrogen-bond donors (Lipinski definition) is 1. The molecule has 1 atom stereocenters. The van der Waals surface area contributed by atoms with E-state index in [1.54, 1.807) is 40.8 Å². The minimum atomic E-state index is -1.73. The molecule has 22 heavy (non-hydrogen) atoms. The first kappa shape index (κ1) is 16.9. The van der Waals surface area contributed by atoms with E-state index in [0.717, 1.165) is 5.56 Å². The first-order chi connectivity index (χ1) is 10.3. The molecule has 1 aromatic heterocycles. The van der Waals surface area contributed by atoms with Gasteiger partial charge in [0.2, 0.25) is 3.68 Å². The predicted octanol–water partition coefficient (Wildman–Crippen LogP) is 3.66. The van der Waals surface area contributed by atoms with E-state index in [9.17, 15) is 9.18 Å². The van der Waals surface area contributed by atoms with E-state index in [1.165, 1.54) is 13.3 Å². The molecule has 0 amide bonds. The molecule has 1 heterocycles. The highest BCUT2D eigenvalue weighted by atomic mass is 127. The fourth-order valence-electron chi connectivity index (χ4n) is 2.17. The fraction of sp³-hybridized carbons (Fsp3) is 0.267. The van der Waals surface area contributed by atoms with Crippen molar-refractivity contribution < 1.29 is 4.39 Å². The van der Waals surface area contributed by atoms with Crippen molar-refractivity contribution in [1.29, 1.82) is 5.26 Å². The molecule has 114 valence electrons. The van der Waals surface area contributed by atoms with Crippen molar-refractivity contribution in [3.8, 4) is 6.07 Å². The van der Waals surface area contributed by atoms with E-state index in [-0.39, 0.29) is 11.3 Å². The summed E-state index contributed by atoms with van der Waals surface area (Å²) in [6.07, 6.45) is 1.97. The lowest BCUT2D eigenvalue weighted by Gasteiger charge is -2.15. The largest absolute Gasteiger partial charge is 0.313 e. The molecule has 0 saturated heterocycles. The van der Waals surface area contributed by atoms with Crippen molar-refractivity contribution in [3.05, 3.63) is 62.3 Å². The number of alkyl halides is 2. The Morgan fingerprint density at radius 3 is 2.82 bits per heavy atom. The molecule has 1 aromatic carbocycles. The van der Waals surface area contributed by atoms with Gasteiger partial charge in [-0.1, -0.05) is 11.6 Å². The maximum Gasteiger partial charge on any atom is 0.254 e. The summed E-state index contributed by atoms with van der Waals surface area (Å²) in [7, 11) is 0. The second kappa shape index (κ2) is 6.75. The molecule has 0 radical (unpaired) electrons. The van der Waals surface area contributed by atoms with Crippen molar-refractivity contribution in [2.24, 2.45) is 0 Å². The van der Waals surface area contributed by atoms with Crippen LogP contribution >= 0.6 is 34.2 Å². The van der Waals surface area contributed by atoms with Gasteiger partial charge in [-0.15, -0.1) is 0 Å². The summed E-state index contributed by atoms with van der Waals surface area (Å²) in [6, 6.07) is 7.02. The number of hydrogen-bond acceptors (Lipinski definition) is 3.